The van der Waals surface area contributed by atoms with Crippen LogP contribution in [0.2, 0.25) is 0 Å². The Morgan fingerprint density at radius 1 is 1.03 bits per heavy atom. The molecule has 1 aliphatic carbocycles. The van der Waals surface area contributed by atoms with Gasteiger partial charge in [-0.1, -0.05) is 6.07 Å². The number of anilines is 1. The van der Waals surface area contributed by atoms with E-state index in [-0.39, 0.29) is 23.2 Å². The fourth-order valence-corrected chi connectivity index (χ4v) is 4.64. The van der Waals surface area contributed by atoms with Gasteiger partial charge in [0.25, 0.3) is 0 Å². The van der Waals surface area contributed by atoms with Crippen molar-refractivity contribution in [1.82, 2.24) is 14.6 Å². The van der Waals surface area contributed by atoms with Crippen LogP contribution in [-0.4, -0.2) is 33.9 Å². The van der Waals surface area contributed by atoms with Gasteiger partial charge in [-0.05, 0) is 55.4 Å². The molecular formula is C22H20F6N4O. The van der Waals surface area contributed by atoms with E-state index in [2.05, 4.69) is 15.5 Å². The van der Waals surface area contributed by atoms with E-state index in [1.54, 1.807) is 23.6 Å². The second-order valence-electron chi connectivity index (χ2n) is 8.78. The molecule has 0 amide bonds. The highest BCUT2D eigenvalue weighted by molar-refractivity contribution is 5.81. The molecule has 1 aromatic carbocycles. The van der Waals surface area contributed by atoms with Gasteiger partial charge in [0.2, 0.25) is 5.95 Å². The zero-order valence-electron chi connectivity index (χ0n) is 17.5. The molecule has 3 heterocycles. The number of ether oxygens (including phenoxy) is 1. The third-order valence-corrected chi connectivity index (χ3v) is 6.56. The maximum absolute atomic E-state index is 13.7. The van der Waals surface area contributed by atoms with E-state index < -0.39 is 29.0 Å². The number of aryl methyl sites for hydroxylation is 1. The van der Waals surface area contributed by atoms with Crippen LogP contribution in [0.1, 0.15) is 36.0 Å². The molecule has 176 valence electrons. The summed E-state index contributed by atoms with van der Waals surface area (Å²) in [6.07, 6.45) is -5.40. The summed E-state index contributed by atoms with van der Waals surface area (Å²) in [4.78, 5) is 0. The topological polar surface area (TPSA) is 51.5 Å². The lowest BCUT2D eigenvalue weighted by atomic mass is 9.96. The van der Waals surface area contributed by atoms with Crippen LogP contribution in [0.3, 0.4) is 0 Å². The van der Waals surface area contributed by atoms with Gasteiger partial charge in [0, 0.05) is 31.0 Å². The fourth-order valence-electron chi connectivity index (χ4n) is 4.64. The van der Waals surface area contributed by atoms with Crippen LogP contribution < -0.4 is 5.32 Å². The molecule has 1 saturated carbocycles. The number of aromatic nitrogens is 3. The highest BCUT2D eigenvalue weighted by Crippen LogP contribution is 2.54. The van der Waals surface area contributed by atoms with Gasteiger partial charge in [0.15, 0.2) is 0 Å². The van der Waals surface area contributed by atoms with E-state index in [4.69, 9.17) is 4.74 Å². The molecule has 2 fully saturated rings. The Balaban J connectivity index is 1.57. The fraction of sp³-hybridized carbons (Fsp3) is 0.455. The number of nitrogens with zero attached hydrogens (tertiary/aromatic N) is 3. The van der Waals surface area contributed by atoms with Crippen LogP contribution in [0, 0.1) is 12.3 Å². The van der Waals surface area contributed by atoms with E-state index in [9.17, 15) is 26.3 Å². The molecule has 3 aromatic rings. The molecule has 11 heteroatoms. The monoisotopic (exact) mass is 470 g/mol. The number of halogens is 6. The van der Waals surface area contributed by atoms with Crippen LogP contribution in [-0.2, 0) is 17.1 Å². The molecule has 1 saturated heterocycles. The van der Waals surface area contributed by atoms with E-state index in [0.29, 0.717) is 30.7 Å². The van der Waals surface area contributed by atoms with Crippen LogP contribution >= 0.6 is 0 Å². The number of benzene rings is 1. The molecule has 0 bridgehead atoms. The summed E-state index contributed by atoms with van der Waals surface area (Å²) in [6, 6.07) is 3.36. The molecule has 5 nitrogen and oxygen atoms in total. The van der Waals surface area contributed by atoms with E-state index >= 15 is 0 Å². The quantitative estimate of drug-likeness (QED) is 0.498. The highest BCUT2D eigenvalue weighted by atomic mass is 19.4. The Labute approximate surface area is 184 Å². The van der Waals surface area contributed by atoms with Gasteiger partial charge in [-0.25, -0.2) is 0 Å². The van der Waals surface area contributed by atoms with Crippen molar-refractivity contribution in [2.24, 2.45) is 5.41 Å². The van der Waals surface area contributed by atoms with Crippen molar-refractivity contribution in [2.45, 2.75) is 44.6 Å². The van der Waals surface area contributed by atoms with E-state index in [0.717, 1.165) is 30.9 Å². The number of hydrogen-bond acceptors (Lipinski definition) is 4. The summed E-state index contributed by atoms with van der Waals surface area (Å²) in [7, 11) is 0. The Morgan fingerprint density at radius 3 is 2.42 bits per heavy atom. The second-order valence-corrected chi connectivity index (χ2v) is 8.78. The Bertz CT molecular complexity index is 1210. The van der Waals surface area contributed by atoms with Gasteiger partial charge in [0.05, 0.1) is 16.6 Å². The zero-order chi connectivity index (χ0) is 23.6. The van der Waals surface area contributed by atoms with Crippen molar-refractivity contribution in [3.8, 4) is 11.3 Å². The van der Waals surface area contributed by atoms with Gasteiger partial charge >= 0.3 is 12.4 Å². The molecule has 1 atom stereocenters. The first-order valence-corrected chi connectivity index (χ1v) is 10.5. The highest BCUT2D eigenvalue weighted by Gasteiger charge is 2.54. The van der Waals surface area contributed by atoms with Crippen molar-refractivity contribution in [3.63, 3.8) is 0 Å². The summed E-state index contributed by atoms with van der Waals surface area (Å²) in [5, 5.41) is 11.5. The number of hydrogen-bond donors (Lipinski definition) is 1. The van der Waals surface area contributed by atoms with Crippen LogP contribution in [0.4, 0.5) is 32.3 Å². The summed E-state index contributed by atoms with van der Waals surface area (Å²) >= 11 is 0. The van der Waals surface area contributed by atoms with Gasteiger partial charge in [-0.15, -0.1) is 10.2 Å². The van der Waals surface area contributed by atoms with Crippen molar-refractivity contribution in [1.29, 1.82) is 0 Å². The van der Waals surface area contributed by atoms with Crippen molar-refractivity contribution < 1.29 is 31.1 Å². The molecule has 5 rings (SSSR count). The standard InChI is InChI=1S/C22H20F6N4O/c1-12-8-16-18(14-3-2-13(21(23,24)25)9-15(14)22(26,27)28)30-31-19(32(16)11-12)29-17-10-20(17)4-6-33-7-5-20/h2-3,8-9,11,17H,4-7,10H2,1H3,(H,29,31)/t17-/m0/s1. The maximum Gasteiger partial charge on any atom is 0.417 e. The smallest absolute Gasteiger partial charge is 0.381 e. The molecular weight excluding hydrogens is 450 g/mol. The third kappa shape index (κ3) is 3.92. The van der Waals surface area contributed by atoms with Gasteiger partial charge in [-0.3, -0.25) is 4.40 Å². The Morgan fingerprint density at radius 2 is 1.76 bits per heavy atom. The number of nitrogens with one attached hydrogen (secondary N) is 1. The first-order valence-electron chi connectivity index (χ1n) is 10.5. The molecule has 1 N–H and O–H groups in total. The Hall–Kier alpha value is -2.82. The van der Waals surface area contributed by atoms with Gasteiger partial charge in [-0.2, -0.15) is 26.3 Å². The normalized spacial score (nSPS) is 20.4. The van der Waals surface area contributed by atoms with Crippen molar-refractivity contribution in [3.05, 3.63) is 47.2 Å². The minimum Gasteiger partial charge on any atom is -0.381 e. The third-order valence-electron chi connectivity index (χ3n) is 6.56. The molecule has 33 heavy (non-hydrogen) atoms. The number of fused-ring (bicyclic) bond motifs is 1. The number of alkyl halides is 6. The second kappa shape index (κ2) is 7.34. The number of rotatable bonds is 3. The lowest BCUT2D eigenvalue weighted by Crippen LogP contribution is -2.24. The van der Waals surface area contributed by atoms with Crippen LogP contribution in [0.25, 0.3) is 16.8 Å². The molecule has 2 aliphatic rings. The lowest BCUT2D eigenvalue weighted by Gasteiger charge is -2.23. The van der Waals surface area contributed by atoms with Crippen LogP contribution in [0.5, 0.6) is 0 Å². The maximum atomic E-state index is 13.7. The summed E-state index contributed by atoms with van der Waals surface area (Å²) in [5.74, 6) is 0.385. The van der Waals surface area contributed by atoms with Gasteiger partial charge in [0.1, 0.15) is 5.69 Å². The minimum absolute atomic E-state index is 0.120. The molecule has 2 aromatic heterocycles. The van der Waals surface area contributed by atoms with Crippen molar-refractivity contribution in [2.75, 3.05) is 18.5 Å². The van der Waals surface area contributed by atoms with Gasteiger partial charge < -0.3 is 10.1 Å². The van der Waals surface area contributed by atoms with Crippen molar-refractivity contribution >= 4 is 11.5 Å². The summed E-state index contributed by atoms with van der Waals surface area (Å²) < 4.78 is 87.4. The molecule has 0 radical (unpaired) electrons. The zero-order valence-corrected chi connectivity index (χ0v) is 17.5. The largest absolute Gasteiger partial charge is 0.417 e. The average Bonchev–Trinajstić information content (AvgIpc) is 3.20. The predicted octanol–water partition coefficient (Wildman–Crippen LogP) is 5.72. The minimum atomic E-state index is -5.00. The van der Waals surface area contributed by atoms with E-state index in [1.165, 1.54) is 0 Å². The Kier molecular flexibility index (Phi) is 4.89. The molecule has 0 unspecified atom stereocenters. The average molecular weight is 470 g/mol. The molecule has 1 aliphatic heterocycles. The first-order chi connectivity index (χ1) is 15.5. The summed E-state index contributed by atoms with van der Waals surface area (Å²) in [5.41, 5.74) is -2.15. The lowest BCUT2D eigenvalue weighted by molar-refractivity contribution is -0.142. The summed E-state index contributed by atoms with van der Waals surface area (Å²) in [6.45, 7) is 3.15. The first kappa shape index (κ1) is 22.0. The van der Waals surface area contributed by atoms with Crippen LogP contribution in [0.15, 0.2) is 30.5 Å². The van der Waals surface area contributed by atoms with E-state index in [1.807, 2.05) is 0 Å². The molecule has 1 spiro atoms. The SMILES string of the molecule is Cc1cc2c(-c3ccc(C(F)(F)F)cc3C(F)(F)F)nnc(N[C@H]3CC34CCOCC4)n2c1. The predicted molar refractivity (Wildman–Crippen MR) is 108 cm³/mol.